The number of rotatable bonds is 20. The third kappa shape index (κ3) is 13.0. The summed E-state index contributed by atoms with van der Waals surface area (Å²) in [5.41, 5.74) is 17.4. The lowest BCUT2D eigenvalue weighted by Crippen LogP contribution is -2.57. The Labute approximate surface area is 296 Å². The van der Waals surface area contributed by atoms with Crippen molar-refractivity contribution in [3.8, 4) is 5.75 Å². The fourth-order valence-electron chi connectivity index (χ4n) is 5.16. The fraction of sp³-hybridized carbons (Fsp3) is 0.471. The summed E-state index contributed by atoms with van der Waals surface area (Å²) in [6.07, 6.45) is -1.05. The molecule has 0 spiro atoms. The number of aryl methyl sites for hydroxylation is 2. The molecule has 3 rings (SSSR count). The van der Waals surface area contributed by atoms with E-state index in [1.54, 1.807) is 0 Å². The highest BCUT2D eigenvalue weighted by Crippen LogP contribution is 2.20. The van der Waals surface area contributed by atoms with Gasteiger partial charge < -0.3 is 47.5 Å². The van der Waals surface area contributed by atoms with Crippen LogP contribution in [0.15, 0.2) is 59.6 Å². The zero-order chi connectivity index (χ0) is 36.7. The number of anilines is 2. The summed E-state index contributed by atoms with van der Waals surface area (Å²) in [7, 11) is 0. The van der Waals surface area contributed by atoms with Crippen LogP contribution in [-0.2, 0) is 12.8 Å². The van der Waals surface area contributed by atoms with Crippen LogP contribution < -0.4 is 27.3 Å². The van der Waals surface area contributed by atoms with E-state index in [-0.39, 0.29) is 35.0 Å². The number of hydrogen-bond donors (Lipinski definition) is 9. The molecule has 0 saturated heterocycles. The van der Waals surface area contributed by atoms with Crippen molar-refractivity contribution in [2.24, 2.45) is 10.7 Å². The summed E-state index contributed by atoms with van der Waals surface area (Å²) in [6.45, 7) is 2.35. The van der Waals surface area contributed by atoms with Crippen molar-refractivity contribution in [1.82, 2.24) is 20.2 Å². The number of nitrogens with one attached hydrogen (secondary N) is 1. The second-order valence-electron chi connectivity index (χ2n) is 12.2. The maximum absolute atomic E-state index is 12.4. The number of carbonyl (C=O) groups is 1. The summed E-state index contributed by atoms with van der Waals surface area (Å²) in [5, 5.41) is 53.0. The molecule has 0 aliphatic carbocycles. The van der Waals surface area contributed by atoms with Crippen LogP contribution in [0.4, 0.5) is 11.6 Å². The third-order valence-electron chi connectivity index (χ3n) is 7.99. The van der Waals surface area contributed by atoms with Gasteiger partial charge in [0.1, 0.15) is 36.3 Å². The summed E-state index contributed by atoms with van der Waals surface area (Å²) >= 11 is 5.82. The van der Waals surface area contributed by atoms with Crippen LogP contribution in [0.1, 0.15) is 47.8 Å². The summed E-state index contributed by atoms with van der Waals surface area (Å²) in [6, 6.07) is 17.7. The summed E-state index contributed by atoms with van der Waals surface area (Å²) < 4.78 is 5.98. The molecule has 0 bridgehead atoms. The molecule has 0 saturated carbocycles. The van der Waals surface area contributed by atoms with Crippen molar-refractivity contribution in [2.45, 2.75) is 62.9 Å². The van der Waals surface area contributed by atoms with E-state index in [9.17, 15) is 25.2 Å². The molecule has 3 aromatic rings. The Morgan fingerprint density at radius 2 is 1.64 bits per heavy atom. The van der Waals surface area contributed by atoms with E-state index in [2.05, 4.69) is 20.3 Å². The molecular formula is C34H49ClN8O7. The molecule has 1 amide bonds. The van der Waals surface area contributed by atoms with Gasteiger partial charge in [-0.05, 0) is 68.8 Å². The first-order chi connectivity index (χ1) is 23.8. The number of aliphatic hydroxyl groups excluding tert-OH is 4. The Morgan fingerprint density at radius 3 is 2.32 bits per heavy atom. The van der Waals surface area contributed by atoms with Crippen molar-refractivity contribution >= 4 is 35.1 Å². The number of benzene rings is 2. The molecule has 1 heterocycles. The van der Waals surface area contributed by atoms with Gasteiger partial charge in [0.05, 0.1) is 6.61 Å². The van der Waals surface area contributed by atoms with Gasteiger partial charge in [-0.15, -0.1) is 0 Å². The van der Waals surface area contributed by atoms with E-state index < -0.39 is 36.4 Å². The number of carbonyl (C=O) groups excluding carboxylic acids is 1. The van der Waals surface area contributed by atoms with Crippen molar-refractivity contribution in [1.29, 1.82) is 0 Å². The number of guanidine groups is 1. The molecule has 0 aliphatic rings. The number of nitrogens with two attached hydrogens (primary N) is 3. The SMILES string of the molecule is C[C@@](O)(CN(CCCc1ccccc1)CCOc1ccc(CCCCN=C(N)NC(=O)c2nc(Cl)c(N)nc2N)cc1)[C@@H](O)[C@H](O)[C@H](O)CO. The number of hydrogen-bond acceptors (Lipinski definition) is 13. The number of nitrogen functional groups attached to an aromatic ring is 2. The first-order valence-electron chi connectivity index (χ1n) is 16.4. The lowest BCUT2D eigenvalue weighted by molar-refractivity contribution is -0.158. The molecule has 4 atom stereocenters. The zero-order valence-electron chi connectivity index (χ0n) is 28.2. The second-order valence-corrected chi connectivity index (χ2v) is 12.6. The number of aliphatic hydroxyl groups is 5. The maximum Gasteiger partial charge on any atom is 0.280 e. The molecular weight excluding hydrogens is 668 g/mol. The number of ether oxygens (including phenoxy) is 1. The van der Waals surface area contributed by atoms with Crippen LogP contribution in [0.5, 0.6) is 5.75 Å². The number of aromatic nitrogens is 2. The van der Waals surface area contributed by atoms with E-state index in [1.165, 1.54) is 12.5 Å². The summed E-state index contributed by atoms with van der Waals surface area (Å²) in [5.74, 6) is -0.369. The fourth-order valence-corrected chi connectivity index (χ4v) is 5.29. The predicted octanol–water partition coefficient (Wildman–Crippen LogP) is 0.501. The van der Waals surface area contributed by atoms with Crippen LogP contribution in [0, 0.1) is 0 Å². The van der Waals surface area contributed by atoms with Crippen LogP contribution in [-0.4, -0.2) is 116 Å². The van der Waals surface area contributed by atoms with Gasteiger partial charge in [0.15, 0.2) is 28.4 Å². The second kappa shape index (κ2) is 19.9. The Hall–Kier alpha value is -4.09. The number of nitrogens with zero attached hydrogens (tertiary/aromatic N) is 4. The first-order valence-corrected chi connectivity index (χ1v) is 16.7. The lowest BCUT2D eigenvalue weighted by Gasteiger charge is -2.37. The molecule has 0 fully saturated rings. The van der Waals surface area contributed by atoms with E-state index in [4.69, 9.17) is 38.6 Å². The molecule has 16 heteroatoms. The molecule has 274 valence electrons. The monoisotopic (exact) mass is 716 g/mol. The van der Waals surface area contributed by atoms with Gasteiger partial charge in [-0.2, -0.15) is 0 Å². The van der Waals surface area contributed by atoms with Gasteiger partial charge in [0, 0.05) is 19.6 Å². The minimum atomic E-state index is -1.77. The number of unbranched alkanes of at least 4 members (excludes halogenated alkanes) is 1. The third-order valence-corrected chi connectivity index (χ3v) is 8.26. The minimum Gasteiger partial charge on any atom is -0.492 e. The molecule has 0 aliphatic heterocycles. The average Bonchev–Trinajstić information content (AvgIpc) is 3.09. The van der Waals surface area contributed by atoms with Crippen LogP contribution in [0.25, 0.3) is 0 Å². The molecule has 0 unspecified atom stereocenters. The van der Waals surface area contributed by atoms with Gasteiger partial charge >= 0.3 is 0 Å². The van der Waals surface area contributed by atoms with Gasteiger partial charge in [-0.1, -0.05) is 54.1 Å². The summed E-state index contributed by atoms with van der Waals surface area (Å²) in [4.78, 5) is 26.1. The van der Waals surface area contributed by atoms with E-state index in [1.807, 2.05) is 59.5 Å². The quantitative estimate of drug-likeness (QED) is 0.0439. The topological polar surface area (TPSA) is 259 Å². The Kier molecular flexibility index (Phi) is 16.1. The largest absolute Gasteiger partial charge is 0.492 e. The van der Waals surface area contributed by atoms with Gasteiger partial charge in [-0.25, -0.2) is 9.97 Å². The number of aliphatic imine (C=N–C) groups is 1. The number of halogens is 1. The van der Waals surface area contributed by atoms with E-state index in [0.717, 1.165) is 37.7 Å². The van der Waals surface area contributed by atoms with Crippen molar-refractivity contribution in [2.75, 3.05) is 50.9 Å². The molecule has 12 N–H and O–H groups in total. The van der Waals surface area contributed by atoms with Crippen molar-refractivity contribution < 1.29 is 35.1 Å². The zero-order valence-corrected chi connectivity index (χ0v) is 28.9. The average molecular weight is 717 g/mol. The highest BCUT2D eigenvalue weighted by atomic mass is 35.5. The predicted molar refractivity (Wildman–Crippen MR) is 192 cm³/mol. The van der Waals surface area contributed by atoms with Gasteiger partial charge in [-0.3, -0.25) is 20.0 Å². The standard InChI is InChI=1S/C34H49ClN8O7/c1-34(49,28(47)27(46)25(45)20-44)21-43(17-7-11-22-8-3-2-4-9-22)18-19-50-24-14-12-23(13-15-24)10-5-6-16-39-33(38)42-32(48)26-30(36)41-31(37)29(35)40-26/h2-4,8-9,12-15,25,27-28,44-47,49H,5-7,10-11,16-21H2,1H3,(H4,36,37,41)(H3,38,39,42,48)/t25-,27-,28+,34-/m1/s1. The van der Waals surface area contributed by atoms with Crippen molar-refractivity contribution in [3.05, 3.63) is 76.6 Å². The van der Waals surface area contributed by atoms with Gasteiger partial charge in [0.25, 0.3) is 5.91 Å². The normalized spacial score (nSPS) is 14.9. The molecule has 15 nitrogen and oxygen atoms in total. The first kappa shape index (κ1) is 40.3. The Balaban J connectivity index is 1.45. The minimum absolute atomic E-state index is 0.00327. The van der Waals surface area contributed by atoms with Crippen LogP contribution in [0.2, 0.25) is 5.15 Å². The highest BCUT2D eigenvalue weighted by Gasteiger charge is 2.39. The lowest BCUT2D eigenvalue weighted by atomic mass is 9.91. The van der Waals surface area contributed by atoms with Gasteiger partial charge in [0.2, 0.25) is 0 Å². The smallest absolute Gasteiger partial charge is 0.280 e. The number of amides is 1. The van der Waals surface area contributed by atoms with E-state index in [0.29, 0.717) is 32.0 Å². The molecule has 50 heavy (non-hydrogen) atoms. The molecule has 2 aromatic carbocycles. The maximum atomic E-state index is 12.4. The van der Waals surface area contributed by atoms with E-state index >= 15 is 0 Å². The Bertz CT molecular complexity index is 1520. The molecule has 1 aromatic heterocycles. The van der Waals surface area contributed by atoms with Crippen LogP contribution >= 0.6 is 11.6 Å². The van der Waals surface area contributed by atoms with Crippen LogP contribution in [0.3, 0.4) is 0 Å². The molecule has 0 radical (unpaired) electrons. The van der Waals surface area contributed by atoms with Crippen molar-refractivity contribution in [3.63, 3.8) is 0 Å². The Morgan fingerprint density at radius 1 is 0.980 bits per heavy atom. The highest BCUT2D eigenvalue weighted by molar-refractivity contribution is 6.31.